The summed E-state index contributed by atoms with van der Waals surface area (Å²) in [5, 5.41) is 7.71. The highest BCUT2D eigenvalue weighted by Gasteiger charge is 2.17. The lowest BCUT2D eigenvalue weighted by Gasteiger charge is -2.08. The number of hydrogen-bond donors (Lipinski definition) is 1. The minimum absolute atomic E-state index is 0.122. The third-order valence-corrected chi connectivity index (χ3v) is 4.84. The second kappa shape index (κ2) is 9.67. The quantitative estimate of drug-likeness (QED) is 0.465. The highest BCUT2D eigenvalue weighted by atomic mass is 16.5. The fourth-order valence-electron chi connectivity index (χ4n) is 3.14. The Morgan fingerprint density at radius 1 is 1.00 bits per heavy atom. The molecule has 4 aromatic rings. The zero-order valence-corrected chi connectivity index (χ0v) is 17.2. The molecular weight excluding hydrogens is 390 g/mol. The zero-order valence-electron chi connectivity index (χ0n) is 17.2. The monoisotopic (exact) mass is 413 g/mol. The molecule has 0 amide bonds. The number of ether oxygens (including phenoxy) is 1. The van der Waals surface area contributed by atoms with Gasteiger partial charge in [-0.15, -0.1) is 5.10 Å². The Balaban J connectivity index is 1.54. The van der Waals surface area contributed by atoms with Crippen LogP contribution in [0.5, 0.6) is 5.75 Å². The molecule has 0 aliphatic carbocycles. The summed E-state index contributed by atoms with van der Waals surface area (Å²) in [5.41, 5.74) is 2.90. The van der Waals surface area contributed by atoms with Crippen molar-refractivity contribution in [3.8, 4) is 17.1 Å². The Morgan fingerprint density at radius 2 is 1.81 bits per heavy atom. The summed E-state index contributed by atoms with van der Waals surface area (Å²) in [6, 6.07) is 21.3. The Labute approximate surface area is 180 Å². The number of aryl methyl sites for hydroxylation is 1. The summed E-state index contributed by atoms with van der Waals surface area (Å²) >= 11 is 0. The van der Waals surface area contributed by atoms with Crippen molar-refractivity contribution in [1.82, 2.24) is 19.7 Å². The molecule has 1 N–H and O–H groups in total. The van der Waals surface area contributed by atoms with E-state index in [-0.39, 0.29) is 5.91 Å². The number of rotatable bonds is 8. The molecule has 0 saturated carbocycles. The summed E-state index contributed by atoms with van der Waals surface area (Å²) in [7, 11) is 1.64. The second-order valence-electron chi connectivity index (χ2n) is 6.99. The zero-order chi connectivity index (χ0) is 21.5. The van der Waals surface area contributed by atoms with Gasteiger partial charge >= 0.3 is 0 Å². The number of anilines is 1. The van der Waals surface area contributed by atoms with E-state index in [4.69, 9.17) is 4.74 Å². The first kappa shape index (κ1) is 20.3. The van der Waals surface area contributed by atoms with Gasteiger partial charge < -0.3 is 10.1 Å². The molecule has 7 nitrogen and oxygen atoms in total. The number of benzene rings is 2. The van der Waals surface area contributed by atoms with E-state index >= 15 is 0 Å². The molecular formula is C24H23N5O2. The summed E-state index contributed by atoms with van der Waals surface area (Å²) in [6.45, 7) is 0.501. The van der Waals surface area contributed by atoms with Gasteiger partial charge in [0.2, 0.25) is 11.9 Å². The van der Waals surface area contributed by atoms with Crippen LogP contribution in [-0.4, -0.2) is 32.8 Å². The Kier molecular flexibility index (Phi) is 6.32. The molecule has 7 heteroatoms. The summed E-state index contributed by atoms with van der Waals surface area (Å²) in [4.78, 5) is 21.7. The topological polar surface area (TPSA) is 81.9 Å². The van der Waals surface area contributed by atoms with Crippen molar-refractivity contribution in [3.05, 3.63) is 90.3 Å². The predicted octanol–water partition coefficient (Wildman–Crippen LogP) is 4.23. The lowest BCUT2D eigenvalue weighted by atomic mass is 10.1. The van der Waals surface area contributed by atoms with Gasteiger partial charge in [-0.25, -0.2) is 0 Å². The number of nitrogens with one attached hydrogen (secondary N) is 1. The average molecular weight is 413 g/mol. The van der Waals surface area contributed by atoms with Gasteiger partial charge in [0, 0.05) is 30.9 Å². The van der Waals surface area contributed by atoms with E-state index in [0.29, 0.717) is 31.2 Å². The molecule has 0 fully saturated rings. The fraction of sp³-hybridized carbons (Fsp3) is 0.167. The molecule has 4 rings (SSSR count). The van der Waals surface area contributed by atoms with Crippen molar-refractivity contribution in [2.75, 3.05) is 12.4 Å². The lowest BCUT2D eigenvalue weighted by molar-refractivity contribution is 0.0890. The smallest absolute Gasteiger partial charge is 0.250 e. The molecule has 0 radical (unpaired) electrons. The number of carbonyl (C=O) groups is 1. The highest BCUT2D eigenvalue weighted by Crippen LogP contribution is 2.19. The van der Waals surface area contributed by atoms with Crippen molar-refractivity contribution in [2.45, 2.75) is 19.4 Å². The van der Waals surface area contributed by atoms with Gasteiger partial charge in [-0.2, -0.15) is 9.67 Å². The SMILES string of the molecule is COc1ccc(CNc2nc(-c3cccnc3)nn2C(=O)CCc2ccccc2)cc1. The van der Waals surface area contributed by atoms with Crippen molar-refractivity contribution >= 4 is 11.9 Å². The lowest BCUT2D eigenvalue weighted by Crippen LogP contribution is -2.17. The Hall–Kier alpha value is -4.00. The molecule has 2 aromatic heterocycles. The van der Waals surface area contributed by atoms with E-state index in [1.54, 1.807) is 19.5 Å². The van der Waals surface area contributed by atoms with Gasteiger partial charge in [-0.1, -0.05) is 42.5 Å². The number of hydrogen-bond acceptors (Lipinski definition) is 6. The van der Waals surface area contributed by atoms with Crippen LogP contribution in [0.1, 0.15) is 22.3 Å². The number of methoxy groups -OCH3 is 1. The first-order valence-corrected chi connectivity index (χ1v) is 10.0. The average Bonchev–Trinajstić information content (AvgIpc) is 3.27. The van der Waals surface area contributed by atoms with Crippen LogP contribution in [0, 0.1) is 0 Å². The van der Waals surface area contributed by atoms with E-state index in [1.807, 2.05) is 66.7 Å². The molecule has 0 bridgehead atoms. The van der Waals surface area contributed by atoms with Gasteiger partial charge in [0.25, 0.3) is 0 Å². The van der Waals surface area contributed by atoms with Gasteiger partial charge in [-0.3, -0.25) is 9.78 Å². The summed E-state index contributed by atoms with van der Waals surface area (Å²) < 4.78 is 6.56. The number of nitrogens with zero attached hydrogens (tertiary/aromatic N) is 4. The van der Waals surface area contributed by atoms with Crippen LogP contribution >= 0.6 is 0 Å². The molecule has 0 aliphatic rings. The number of aromatic nitrogens is 4. The maximum Gasteiger partial charge on any atom is 0.250 e. The first-order chi connectivity index (χ1) is 15.2. The van der Waals surface area contributed by atoms with Crippen LogP contribution in [0.25, 0.3) is 11.4 Å². The maximum atomic E-state index is 13.0. The van der Waals surface area contributed by atoms with Crippen LogP contribution < -0.4 is 10.1 Å². The van der Waals surface area contributed by atoms with E-state index in [2.05, 4.69) is 20.4 Å². The summed E-state index contributed by atoms with van der Waals surface area (Å²) in [5.74, 6) is 1.54. The molecule has 2 aromatic carbocycles. The highest BCUT2D eigenvalue weighted by molar-refractivity contribution is 5.81. The molecule has 31 heavy (non-hydrogen) atoms. The van der Waals surface area contributed by atoms with Gasteiger partial charge in [-0.05, 0) is 41.8 Å². The summed E-state index contributed by atoms with van der Waals surface area (Å²) in [6.07, 6.45) is 4.34. The van der Waals surface area contributed by atoms with E-state index < -0.39 is 0 Å². The minimum Gasteiger partial charge on any atom is -0.497 e. The Bertz CT molecular complexity index is 1130. The standard InChI is InChI=1S/C24H23N5O2/c1-31-21-12-9-19(10-13-21)16-26-24-27-23(20-8-5-15-25-17-20)28-29(24)22(30)14-11-18-6-3-2-4-7-18/h2-10,12-13,15,17H,11,14,16H2,1H3,(H,26,27,28). The maximum absolute atomic E-state index is 13.0. The minimum atomic E-state index is -0.122. The number of carbonyl (C=O) groups excluding carboxylic acids is 1. The molecule has 0 spiro atoms. The first-order valence-electron chi connectivity index (χ1n) is 10.0. The molecule has 156 valence electrons. The van der Waals surface area contributed by atoms with Gasteiger partial charge in [0.05, 0.1) is 7.11 Å². The van der Waals surface area contributed by atoms with Crippen molar-refractivity contribution in [2.24, 2.45) is 0 Å². The molecule has 0 saturated heterocycles. The van der Waals surface area contributed by atoms with Crippen LogP contribution in [-0.2, 0) is 13.0 Å². The predicted molar refractivity (Wildman–Crippen MR) is 119 cm³/mol. The number of pyridine rings is 1. The van der Waals surface area contributed by atoms with Crippen LogP contribution in [0.15, 0.2) is 79.1 Å². The molecule has 0 atom stereocenters. The second-order valence-corrected chi connectivity index (χ2v) is 6.99. The van der Waals surface area contributed by atoms with Crippen molar-refractivity contribution in [3.63, 3.8) is 0 Å². The normalized spacial score (nSPS) is 10.6. The Morgan fingerprint density at radius 3 is 2.52 bits per heavy atom. The van der Waals surface area contributed by atoms with Crippen LogP contribution in [0.4, 0.5) is 5.95 Å². The van der Waals surface area contributed by atoms with Crippen molar-refractivity contribution in [1.29, 1.82) is 0 Å². The van der Waals surface area contributed by atoms with Crippen LogP contribution in [0.3, 0.4) is 0 Å². The molecule has 0 aliphatic heterocycles. The van der Waals surface area contributed by atoms with Crippen molar-refractivity contribution < 1.29 is 9.53 Å². The van der Waals surface area contributed by atoms with E-state index in [9.17, 15) is 4.79 Å². The van der Waals surface area contributed by atoms with Gasteiger partial charge in [0.15, 0.2) is 5.82 Å². The largest absolute Gasteiger partial charge is 0.497 e. The molecule has 2 heterocycles. The molecule has 0 unspecified atom stereocenters. The van der Waals surface area contributed by atoms with E-state index in [1.165, 1.54) is 4.68 Å². The van der Waals surface area contributed by atoms with E-state index in [0.717, 1.165) is 22.4 Å². The fourth-order valence-corrected chi connectivity index (χ4v) is 3.14. The third-order valence-electron chi connectivity index (χ3n) is 4.84. The van der Waals surface area contributed by atoms with Crippen LogP contribution in [0.2, 0.25) is 0 Å². The van der Waals surface area contributed by atoms with Gasteiger partial charge in [0.1, 0.15) is 5.75 Å². The third kappa shape index (κ3) is 5.14.